The first-order valence-electron chi connectivity index (χ1n) is 11.1. The summed E-state index contributed by atoms with van der Waals surface area (Å²) in [5, 5.41) is 24.7. The van der Waals surface area contributed by atoms with E-state index in [1.807, 2.05) is 0 Å². The van der Waals surface area contributed by atoms with Crippen LogP contribution in [0.4, 0.5) is 5.82 Å². The summed E-state index contributed by atoms with van der Waals surface area (Å²) in [6, 6.07) is 5.41. The van der Waals surface area contributed by atoms with E-state index in [1.165, 1.54) is 40.6 Å². The summed E-state index contributed by atoms with van der Waals surface area (Å²) in [6.45, 7) is 0.520. The van der Waals surface area contributed by atoms with Crippen molar-refractivity contribution in [1.82, 2.24) is 20.2 Å². The highest BCUT2D eigenvalue weighted by Gasteiger charge is 2.58. The molecular formula is C22H25N7O5S3. The van der Waals surface area contributed by atoms with E-state index < -0.39 is 33.9 Å². The zero-order valence-electron chi connectivity index (χ0n) is 19.4. The maximum Gasteiger partial charge on any atom is 0.322 e. The van der Waals surface area contributed by atoms with Crippen LogP contribution in [-0.2, 0) is 20.1 Å². The van der Waals surface area contributed by atoms with E-state index in [1.54, 1.807) is 36.3 Å². The van der Waals surface area contributed by atoms with E-state index in [-0.39, 0.29) is 29.5 Å². The molecular weight excluding hydrogens is 538 g/mol. The van der Waals surface area contributed by atoms with Crippen molar-refractivity contribution in [2.45, 2.75) is 26.8 Å². The number of aromatic nitrogens is 2. The van der Waals surface area contributed by atoms with Gasteiger partial charge in [0.2, 0.25) is 5.91 Å². The Morgan fingerprint density at radius 1 is 1.35 bits per heavy atom. The van der Waals surface area contributed by atoms with Crippen molar-refractivity contribution < 1.29 is 24.7 Å². The molecule has 4 heterocycles. The molecule has 0 bridgehead atoms. The number of nitrogens with zero attached hydrogens (tertiary/aromatic N) is 4. The molecule has 196 valence electrons. The number of β-lactam (4-membered cyclic amide) rings is 1. The van der Waals surface area contributed by atoms with Gasteiger partial charge in [0.25, 0.3) is 5.91 Å². The van der Waals surface area contributed by atoms with Crippen LogP contribution in [0.3, 0.4) is 0 Å². The van der Waals surface area contributed by atoms with Gasteiger partial charge in [0, 0.05) is 47.6 Å². The first-order valence-corrected chi connectivity index (χ1v) is 14.1. The quantitative estimate of drug-likeness (QED) is 0.0881. The van der Waals surface area contributed by atoms with Crippen LogP contribution < -0.4 is 16.8 Å². The Balaban J connectivity index is 1.45. The van der Waals surface area contributed by atoms with Gasteiger partial charge >= 0.3 is 5.97 Å². The summed E-state index contributed by atoms with van der Waals surface area (Å²) >= 11 is 4.13. The molecule has 0 aromatic carbocycles. The molecule has 12 nitrogen and oxygen atoms in total. The summed E-state index contributed by atoms with van der Waals surface area (Å²) in [4.78, 5) is 48.6. The molecule has 0 saturated carbocycles. The number of nitrogen functional groups attached to an aromatic ring is 1. The fourth-order valence-corrected chi connectivity index (χ4v) is 7.67. The van der Waals surface area contributed by atoms with Crippen molar-refractivity contribution in [3.05, 3.63) is 47.9 Å². The topological polar surface area (TPSA) is 197 Å². The number of fused-ring (bicyclic) bond motifs is 1. The molecule has 2 aromatic rings. The number of hydrogen-bond donors (Lipinski definition) is 5. The summed E-state index contributed by atoms with van der Waals surface area (Å²) in [5.74, 6) is -0.466. The standard InChI is InChI=1S/C22H25N7O5S3/c23-5-7-35-9-12-8-25-6-4-14(12)37-22(21(32)33)10-29-19(31)17(20(29)36-11-22)27-18(30)16(28-34)13-2-1-3-15(24)26-13/h1-4,6,8,17,20,34H,5,7,9-11,23H2,(H2,24,26)(H,27,30)(H,32,33)/b28-16-/t17-,20-,22?/m1/s1. The first-order chi connectivity index (χ1) is 17.8. The number of hydrogen-bond acceptors (Lipinski definition) is 12. The van der Waals surface area contributed by atoms with E-state index >= 15 is 0 Å². The highest BCUT2D eigenvalue weighted by atomic mass is 32.2. The number of oxime groups is 1. The molecule has 2 aliphatic rings. The number of carboxylic acids is 1. The minimum absolute atomic E-state index is 0.0225. The van der Waals surface area contributed by atoms with Gasteiger partial charge in [0.15, 0.2) is 5.71 Å². The van der Waals surface area contributed by atoms with Crippen molar-refractivity contribution in [3.8, 4) is 0 Å². The van der Waals surface area contributed by atoms with Gasteiger partial charge < -0.3 is 32.0 Å². The average molecular weight is 564 g/mol. The molecule has 3 atom stereocenters. The van der Waals surface area contributed by atoms with Gasteiger partial charge in [-0.1, -0.05) is 11.2 Å². The van der Waals surface area contributed by atoms with E-state index in [9.17, 15) is 24.7 Å². The van der Waals surface area contributed by atoms with Gasteiger partial charge in [0.1, 0.15) is 27.7 Å². The highest BCUT2D eigenvalue weighted by molar-refractivity contribution is 8.05. The SMILES string of the molecule is NCCSCc1cnccc1SC1(C(=O)O)CS[C@@H]2[C@H](NC(=O)/C(=N\O)c3cccc(N)n3)C(=O)N2C1. The van der Waals surface area contributed by atoms with Gasteiger partial charge in [-0.3, -0.25) is 19.4 Å². The smallest absolute Gasteiger partial charge is 0.322 e. The highest BCUT2D eigenvalue weighted by Crippen LogP contribution is 2.47. The minimum Gasteiger partial charge on any atom is -0.480 e. The van der Waals surface area contributed by atoms with Crippen LogP contribution in [0, 0.1) is 0 Å². The largest absolute Gasteiger partial charge is 0.480 e. The number of rotatable bonds is 10. The Morgan fingerprint density at radius 2 is 2.16 bits per heavy atom. The fourth-order valence-electron chi connectivity index (χ4n) is 3.89. The summed E-state index contributed by atoms with van der Waals surface area (Å²) in [6.07, 6.45) is 3.33. The van der Waals surface area contributed by atoms with Crippen LogP contribution >= 0.6 is 35.3 Å². The number of pyridine rings is 2. The zero-order chi connectivity index (χ0) is 26.6. The number of carboxylic acid groups (broad SMARTS) is 1. The molecule has 2 aromatic heterocycles. The van der Waals surface area contributed by atoms with Gasteiger partial charge in [0.05, 0.1) is 0 Å². The molecule has 1 unspecified atom stereocenters. The van der Waals surface area contributed by atoms with Crippen molar-refractivity contribution in [2.75, 3.05) is 30.3 Å². The molecule has 4 rings (SSSR count). The maximum atomic E-state index is 13.0. The van der Waals surface area contributed by atoms with E-state index in [4.69, 9.17) is 11.5 Å². The van der Waals surface area contributed by atoms with Crippen molar-refractivity contribution in [3.63, 3.8) is 0 Å². The van der Waals surface area contributed by atoms with Crippen LogP contribution in [0.1, 0.15) is 11.3 Å². The normalized spacial score (nSPS) is 23.2. The lowest BCUT2D eigenvalue weighted by Crippen LogP contribution is -2.74. The average Bonchev–Trinajstić information content (AvgIpc) is 2.89. The number of anilines is 1. The zero-order valence-corrected chi connectivity index (χ0v) is 21.9. The lowest BCUT2D eigenvalue weighted by Gasteiger charge is -2.53. The molecule has 7 N–H and O–H groups in total. The Hall–Kier alpha value is -3.01. The van der Waals surface area contributed by atoms with E-state index in [0.717, 1.165) is 16.2 Å². The van der Waals surface area contributed by atoms with Crippen LogP contribution in [0.2, 0.25) is 0 Å². The third-order valence-corrected chi connectivity index (χ3v) is 9.95. The van der Waals surface area contributed by atoms with Crippen LogP contribution in [-0.4, -0.2) is 89.4 Å². The number of nitrogens with two attached hydrogens (primary N) is 2. The van der Waals surface area contributed by atoms with E-state index in [0.29, 0.717) is 12.3 Å². The Bertz CT molecular complexity index is 1230. The number of carbonyl (C=O) groups excluding carboxylic acids is 2. The summed E-state index contributed by atoms with van der Waals surface area (Å²) < 4.78 is -1.27. The Kier molecular flexibility index (Phi) is 8.46. The third kappa shape index (κ3) is 5.63. The molecule has 0 spiro atoms. The number of nitrogens with one attached hydrogen (secondary N) is 1. The molecule has 2 fully saturated rings. The second kappa shape index (κ2) is 11.6. The lowest BCUT2D eigenvalue weighted by atomic mass is 10.0. The molecule has 2 amide bonds. The summed E-state index contributed by atoms with van der Waals surface area (Å²) in [7, 11) is 0. The molecule has 0 radical (unpaired) electrons. The lowest BCUT2D eigenvalue weighted by molar-refractivity contribution is -0.151. The number of aliphatic carboxylic acids is 1. The second-order valence-electron chi connectivity index (χ2n) is 8.24. The van der Waals surface area contributed by atoms with Gasteiger partial charge in [-0.25, -0.2) is 4.98 Å². The molecule has 15 heteroatoms. The van der Waals surface area contributed by atoms with Crippen molar-refractivity contribution >= 4 is 64.6 Å². The predicted molar refractivity (Wildman–Crippen MR) is 143 cm³/mol. The molecule has 2 aliphatic heterocycles. The Labute approximate surface area is 225 Å². The van der Waals surface area contributed by atoms with Crippen molar-refractivity contribution in [2.24, 2.45) is 10.9 Å². The van der Waals surface area contributed by atoms with Crippen LogP contribution in [0.5, 0.6) is 0 Å². The van der Waals surface area contributed by atoms with Crippen LogP contribution in [0.15, 0.2) is 46.7 Å². The molecule has 0 aliphatic carbocycles. The molecule has 2 saturated heterocycles. The number of thioether (sulfide) groups is 3. The number of amides is 2. The van der Waals surface area contributed by atoms with Gasteiger partial charge in [-0.05, 0) is 23.8 Å². The second-order valence-corrected chi connectivity index (χ2v) is 11.9. The first kappa shape index (κ1) is 27.0. The van der Waals surface area contributed by atoms with Crippen molar-refractivity contribution in [1.29, 1.82) is 0 Å². The van der Waals surface area contributed by atoms with E-state index in [2.05, 4.69) is 20.4 Å². The minimum atomic E-state index is -1.27. The Morgan fingerprint density at radius 3 is 2.86 bits per heavy atom. The number of carbonyl (C=O) groups is 3. The fraction of sp³-hybridized carbons (Fsp3) is 0.364. The monoisotopic (exact) mass is 563 g/mol. The summed E-state index contributed by atoms with van der Waals surface area (Å²) in [5.41, 5.74) is 11.8. The third-order valence-electron chi connectivity index (χ3n) is 5.74. The van der Waals surface area contributed by atoms with Gasteiger partial charge in [-0.15, -0.1) is 23.5 Å². The van der Waals surface area contributed by atoms with Gasteiger partial charge in [-0.2, -0.15) is 11.8 Å². The van der Waals surface area contributed by atoms with Crippen LogP contribution in [0.25, 0.3) is 0 Å². The molecule has 37 heavy (non-hydrogen) atoms. The maximum absolute atomic E-state index is 13.0. The predicted octanol–water partition coefficient (Wildman–Crippen LogP) is 0.445.